The van der Waals surface area contributed by atoms with Crippen LogP contribution in [0.2, 0.25) is 10.0 Å². The van der Waals surface area contributed by atoms with E-state index in [1.54, 1.807) is 18.2 Å². The van der Waals surface area contributed by atoms with Crippen molar-refractivity contribution in [2.24, 2.45) is 5.73 Å². The Labute approximate surface area is 139 Å². The number of halogens is 3. The van der Waals surface area contributed by atoms with Crippen LogP contribution >= 0.6 is 23.2 Å². The van der Waals surface area contributed by atoms with Gasteiger partial charge in [-0.25, -0.2) is 4.39 Å². The van der Waals surface area contributed by atoms with Gasteiger partial charge < -0.3 is 10.5 Å². The largest absolute Gasteiger partial charge is 0.489 e. The van der Waals surface area contributed by atoms with Crippen molar-refractivity contribution in [1.82, 2.24) is 0 Å². The predicted molar refractivity (Wildman–Crippen MR) is 88.3 cm³/mol. The van der Waals surface area contributed by atoms with Gasteiger partial charge in [0.25, 0.3) is 0 Å². The van der Waals surface area contributed by atoms with Crippen LogP contribution in [-0.2, 0) is 6.42 Å². The summed E-state index contributed by atoms with van der Waals surface area (Å²) < 4.78 is 20.0. The zero-order valence-electron chi connectivity index (χ0n) is 11.9. The van der Waals surface area contributed by atoms with Gasteiger partial charge in [-0.05, 0) is 43.7 Å². The summed E-state index contributed by atoms with van der Waals surface area (Å²) in [7, 11) is 0. The molecular formula is C17H16Cl2FNO. The van der Waals surface area contributed by atoms with Gasteiger partial charge in [-0.3, -0.25) is 0 Å². The van der Waals surface area contributed by atoms with E-state index in [-0.39, 0.29) is 11.9 Å². The molecule has 0 amide bonds. The summed E-state index contributed by atoms with van der Waals surface area (Å²) in [6, 6.07) is 8.18. The average molecular weight is 340 g/mol. The third-order valence-corrected chi connectivity index (χ3v) is 4.45. The quantitative estimate of drug-likeness (QED) is 0.864. The van der Waals surface area contributed by atoms with Crippen LogP contribution in [0.5, 0.6) is 5.75 Å². The molecular weight excluding hydrogens is 324 g/mol. The summed E-state index contributed by atoms with van der Waals surface area (Å²) in [6.45, 7) is 0.619. The van der Waals surface area contributed by atoms with Crippen LogP contribution in [0.3, 0.4) is 0 Å². The van der Waals surface area contributed by atoms with E-state index in [1.807, 2.05) is 0 Å². The van der Waals surface area contributed by atoms with Gasteiger partial charge in [-0.2, -0.15) is 0 Å². The summed E-state index contributed by atoms with van der Waals surface area (Å²) in [5, 5.41) is 0.962. The molecule has 22 heavy (non-hydrogen) atoms. The third-order valence-electron chi connectivity index (χ3n) is 3.83. The number of hydrogen-bond acceptors (Lipinski definition) is 2. The minimum Gasteiger partial charge on any atom is -0.489 e. The van der Waals surface area contributed by atoms with Gasteiger partial charge in [0.15, 0.2) is 0 Å². The maximum absolute atomic E-state index is 14.0. The molecule has 0 aromatic heterocycles. The molecule has 2 nitrogen and oxygen atoms in total. The lowest BCUT2D eigenvalue weighted by Gasteiger charge is -2.14. The Hall–Kier alpha value is -1.29. The summed E-state index contributed by atoms with van der Waals surface area (Å²) in [4.78, 5) is 0. The molecule has 0 saturated heterocycles. The van der Waals surface area contributed by atoms with Gasteiger partial charge >= 0.3 is 0 Å². The van der Waals surface area contributed by atoms with Gasteiger partial charge in [-0.1, -0.05) is 29.3 Å². The molecule has 0 spiro atoms. The fourth-order valence-corrected chi connectivity index (χ4v) is 3.44. The summed E-state index contributed by atoms with van der Waals surface area (Å²) in [5.74, 6) is 0.367. The van der Waals surface area contributed by atoms with Gasteiger partial charge in [0.05, 0.1) is 10.0 Å². The second kappa shape index (κ2) is 6.45. The highest BCUT2D eigenvalue weighted by Gasteiger charge is 2.28. The van der Waals surface area contributed by atoms with E-state index in [4.69, 9.17) is 33.7 Å². The number of nitrogens with two attached hydrogens (primary N) is 1. The molecule has 116 valence electrons. The molecule has 0 aliphatic carbocycles. The van der Waals surface area contributed by atoms with Crippen LogP contribution in [0.4, 0.5) is 4.39 Å². The lowest BCUT2D eigenvalue weighted by atomic mass is 9.99. The number of benzene rings is 2. The Kier molecular flexibility index (Phi) is 4.57. The monoisotopic (exact) mass is 339 g/mol. The fraction of sp³-hybridized carbons (Fsp3) is 0.294. The zero-order valence-corrected chi connectivity index (χ0v) is 13.4. The second-order valence-corrected chi connectivity index (χ2v) is 6.23. The van der Waals surface area contributed by atoms with Crippen molar-refractivity contribution in [3.05, 3.63) is 51.8 Å². The third kappa shape index (κ3) is 2.94. The number of rotatable bonds is 4. The molecule has 0 fully saturated rings. The first kappa shape index (κ1) is 15.6. The average Bonchev–Trinajstić information content (AvgIpc) is 2.87. The van der Waals surface area contributed by atoms with E-state index in [0.29, 0.717) is 39.9 Å². The van der Waals surface area contributed by atoms with Crippen LogP contribution in [0.15, 0.2) is 30.3 Å². The molecule has 5 heteroatoms. The molecule has 1 heterocycles. The van der Waals surface area contributed by atoms with Crippen LogP contribution in [0.1, 0.15) is 18.4 Å². The van der Waals surface area contributed by atoms with Crippen molar-refractivity contribution in [3.8, 4) is 16.9 Å². The first-order chi connectivity index (χ1) is 10.6. The lowest BCUT2D eigenvalue weighted by Crippen LogP contribution is -2.14. The zero-order chi connectivity index (χ0) is 15.7. The molecule has 2 aromatic carbocycles. The standard InChI is InChI=1S/C17H16Cl2FNO/c18-14-4-1-5-15(19)16(14)13-9-11(20)7-10-8-12(3-2-6-21)22-17(10)13/h1,4-5,7,9,12H,2-3,6,8,21H2. The number of fused-ring (bicyclic) bond motifs is 1. The Bertz CT molecular complexity index is 685. The minimum absolute atomic E-state index is 0.0281. The molecule has 0 saturated carbocycles. The van der Waals surface area contributed by atoms with E-state index in [2.05, 4.69) is 0 Å². The molecule has 1 unspecified atom stereocenters. The fourth-order valence-electron chi connectivity index (χ4n) is 2.84. The van der Waals surface area contributed by atoms with E-state index >= 15 is 0 Å². The van der Waals surface area contributed by atoms with Crippen LogP contribution in [0, 0.1) is 5.82 Å². The van der Waals surface area contributed by atoms with Gasteiger partial charge in [-0.15, -0.1) is 0 Å². The summed E-state index contributed by atoms with van der Waals surface area (Å²) >= 11 is 12.5. The Balaban J connectivity index is 2.05. The van der Waals surface area contributed by atoms with E-state index in [0.717, 1.165) is 18.4 Å². The maximum Gasteiger partial charge on any atom is 0.131 e. The van der Waals surface area contributed by atoms with Crippen molar-refractivity contribution in [1.29, 1.82) is 0 Å². The lowest BCUT2D eigenvalue weighted by molar-refractivity contribution is 0.219. The summed E-state index contributed by atoms with van der Waals surface area (Å²) in [6.07, 6.45) is 2.44. The number of ether oxygens (including phenoxy) is 1. The van der Waals surface area contributed by atoms with Crippen LogP contribution in [-0.4, -0.2) is 12.6 Å². The highest BCUT2D eigenvalue weighted by atomic mass is 35.5. The van der Waals surface area contributed by atoms with Crippen molar-refractivity contribution >= 4 is 23.2 Å². The SMILES string of the molecule is NCCCC1Cc2cc(F)cc(-c3c(Cl)cccc3Cl)c2O1. The van der Waals surface area contributed by atoms with Gasteiger partial charge in [0, 0.05) is 23.1 Å². The topological polar surface area (TPSA) is 35.2 Å². The van der Waals surface area contributed by atoms with E-state index in [9.17, 15) is 4.39 Å². The highest BCUT2D eigenvalue weighted by molar-refractivity contribution is 6.39. The van der Waals surface area contributed by atoms with Gasteiger partial charge in [0.1, 0.15) is 17.7 Å². The molecule has 2 aromatic rings. The minimum atomic E-state index is -0.312. The van der Waals surface area contributed by atoms with Crippen LogP contribution in [0.25, 0.3) is 11.1 Å². The Morgan fingerprint density at radius 1 is 1.23 bits per heavy atom. The maximum atomic E-state index is 14.0. The predicted octanol–water partition coefficient (Wildman–Crippen LogP) is 4.84. The van der Waals surface area contributed by atoms with Crippen molar-refractivity contribution in [2.45, 2.75) is 25.4 Å². The molecule has 3 rings (SSSR count). The van der Waals surface area contributed by atoms with Crippen LogP contribution < -0.4 is 10.5 Å². The first-order valence-electron chi connectivity index (χ1n) is 7.23. The van der Waals surface area contributed by atoms with Crippen molar-refractivity contribution in [2.75, 3.05) is 6.54 Å². The summed E-state index contributed by atoms with van der Waals surface area (Å²) in [5.41, 5.74) is 7.62. The molecule has 0 bridgehead atoms. The molecule has 1 aliphatic rings. The van der Waals surface area contributed by atoms with Crippen molar-refractivity contribution < 1.29 is 9.13 Å². The highest BCUT2D eigenvalue weighted by Crippen LogP contribution is 2.45. The molecule has 0 radical (unpaired) electrons. The normalized spacial score (nSPS) is 16.5. The first-order valence-corrected chi connectivity index (χ1v) is 7.99. The molecule has 1 aliphatic heterocycles. The second-order valence-electron chi connectivity index (χ2n) is 5.41. The van der Waals surface area contributed by atoms with E-state index < -0.39 is 0 Å². The van der Waals surface area contributed by atoms with Gasteiger partial charge in [0.2, 0.25) is 0 Å². The Morgan fingerprint density at radius 2 is 1.95 bits per heavy atom. The van der Waals surface area contributed by atoms with E-state index in [1.165, 1.54) is 12.1 Å². The van der Waals surface area contributed by atoms with Crippen molar-refractivity contribution in [3.63, 3.8) is 0 Å². The molecule has 2 N–H and O–H groups in total. The number of hydrogen-bond donors (Lipinski definition) is 1. The molecule has 1 atom stereocenters. The smallest absolute Gasteiger partial charge is 0.131 e. The Morgan fingerprint density at radius 3 is 2.64 bits per heavy atom.